The molecule has 0 aliphatic rings. The van der Waals surface area contributed by atoms with E-state index in [1.807, 2.05) is 36.4 Å². The molecule has 0 unspecified atom stereocenters. The van der Waals surface area contributed by atoms with Crippen LogP contribution in [0.5, 0.6) is 5.75 Å². The van der Waals surface area contributed by atoms with E-state index in [-0.39, 0.29) is 6.42 Å². The van der Waals surface area contributed by atoms with Gasteiger partial charge in [-0.05, 0) is 17.4 Å². The SMILES string of the molecule is COc1c(CCC(=O)O)ccc2ccccc12. The molecule has 0 fully saturated rings. The maximum Gasteiger partial charge on any atom is 0.303 e. The van der Waals surface area contributed by atoms with Gasteiger partial charge in [0.05, 0.1) is 7.11 Å². The lowest BCUT2D eigenvalue weighted by molar-refractivity contribution is -0.136. The predicted octanol–water partition coefficient (Wildman–Crippen LogP) is 2.87. The van der Waals surface area contributed by atoms with Gasteiger partial charge in [-0.15, -0.1) is 0 Å². The van der Waals surface area contributed by atoms with Crippen molar-refractivity contribution in [2.24, 2.45) is 0 Å². The topological polar surface area (TPSA) is 46.5 Å². The number of rotatable bonds is 4. The highest BCUT2D eigenvalue weighted by Crippen LogP contribution is 2.30. The number of carbonyl (C=O) groups is 1. The summed E-state index contributed by atoms with van der Waals surface area (Å²) >= 11 is 0. The minimum atomic E-state index is -0.791. The van der Waals surface area contributed by atoms with Gasteiger partial charge >= 0.3 is 5.97 Å². The largest absolute Gasteiger partial charge is 0.496 e. The smallest absolute Gasteiger partial charge is 0.303 e. The summed E-state index contributed by atoms with van der Waals surface area (Å²) in [5, 5.41) is 10.8. The Morgan fingerprint density at radius 1 is 1.24 bits per heavy atom. The second kappa shape index (κ2) is 4.87. The van der Waals surface area contributed by atoms with Crippen molar-refractivity contribution in [2.45, 2.75) is 12.8 Å². The van der Waals surface area contributed by atoms with Gasteiger partial charge in [-0.3, -0.25) is 4.79 Å². The van der Waals surface area contributed by atoms with Crippen LogP contribution in [0.25, 0.3) is 10.8 Å². The fourth-order valence-corrected chi connectivity index (χ4v) is 1.97. The van der Waals surface area contributed by atoms with Crippen LogP contribution in [-0.4, -0.2) is 18.2 Å². The third-order valence-corrected chi connectivity index (χ3v) is 2.77. The molecular weight excluding hydrogens is 216 g/mol. The number of aliphatic carboxylic acids is 1. The Kier molecular flexibility index (Phi) is 3.28. The summed E-state index contributed by atoms with van der Waals surface area (Å²) in [6.07, 6.45) is 0.609. The van der Waals surface area contributed by atoms with Crippen molar-refractivity contribution in [3.8, 4) is 5.75 Å². The molecule has 2 aromatic carbocycles. The zero-order valence-corrected chi connectivity index (χ0v) is 9.64. The van der Waals surface area contributed by atoms with E-state index in [0.29, 0.717) is 6.42 Å². The summed E-state index contributed by atoms with van der Waals surface area (Å²) in [5.41, 5.74) is 0.939. The van der Waals surface area contributed by atoms with E-state index in [0.717, 1.165) is 22.1 Å². The lowest BCUT2D eigenvalue weighted by atomic mass is 10.0. The number of hydrogen-bond donors (Lipinski definition) is 1. The van der Waals surface area contributed by atoms with Gasteiger partial charge in [-0.25, -0.2) is 0 Å². The minimum absolute atomic E-state index is 0.120. The molecule has 17 heavy (non-hydrogen) atoms. The van der Waals surface area contributed by atoms with E-state index in [2.05, 4.69) is 0 Å². The first-order chi connectivity index (χ1) is 8.22. The van der Waals surface area contributed by atoms with Crippen LogP contribution in [0, 0.1) is 0 Å². The van der Waals surface area contributed by atoms with E-state index in [1.54, 1.807) is 7.11 Å². The number of carboxylic acid groups (broad SMARTS) is 1. The van der Waals surface area contributed by atoms with E-state index in [9.17, 15) is 4.79 Å². The van der Waals surface area contributed by atoms with Crippen LogP contribution >= 0.6 is 0 Å². The van der Waals surface area contributed by atoms with Crippen molar-refractivity contribution in [3.63, 3.8) is 0 Å². The first-order valence-corrected chi connectivity index (χ1v) is 5.49. The molecule has 88 valence electrons. The molecule has 0 spiro atoms. The molecule has 2 rings (SSSR count). The van der Waals surface area contributed by atoms with Gasteiger partial charge in [0.1, 0.15) is 5.75 Å². The Balaban J connectivity index is 2.45. The van der Waals surface area contributed by atoms with Gasteiger partial charge < -0.3 is 9.84 Å². The molecule has 2 aromatic rings. The molecule has 3 heteroatoms. The van der Waals surface area contributed by atoms with Gasteiger partial charge in [0, 0.05) is 11.8 Å². The maximum absolute atomic E-state index is 10.6. The molecule has 3 nitrogen and oxygen atoms in total. The van der Waals surface area contributed by atoms with Crippen LogP contribution in [0.15, 0.2) is 36.4 Å². The first-order valence-electron chi connectivity index (χ1n) is 5.49. The molecule has 0 atom stereocenters. The molecule has 0 heterocycles. The summed E-state index contributed by atoms with van der Waals surface area (Å²) in [6.45, 7) is 0. The van der Waals surface area contributed by atoms with Crippen molar-refractivity contribution in [1.29, 1.82) is 0 Å². The fraction of sp³-hybridized carbons (Fsp3) is 0.214. The molecule has 0 aromatic heterocycles. The average molecular weight is 230 g/mol. The number of fused-ring (bicyclic) bond motifs is 1. The van der Waals surface area contributed by atoms with Crippen molar-refractivity contribution in [3.05, 3.63) is 42.0 Å². The van der Waals surface area contributed by atoms with E-state index < -0.39 is 5.97 Å². The predicted molar refractivity (Wildman–Crippen MR) is 66.5 cm³/mol. The lowest BCUT2D eigenvalue weighted by Crippen LogP contribution is -1.99. The third-order valence-electron chi connectivity index (χ3n) is 2.77. The van der Waals surface area contributed by atoms with Crippen LogP contribution in [0.4, 0.5) is 0 Å². The quantitative estimate of drug-likeness (QED) is 0.878. The van der Waals surface area contributed by atoms with Gasteiger partial charge in [0.15, 0.2) is 0 Å². The molecule has 0 bridgehead atoms. The summed E-state index contributed by atoms with van der Waals surface area (Å²) in [6, 6.07) is 11.8. The number of aryl methyl sites for hydroxylation is 1. The van der Waals surface area contributed by atoms with Crippen molar-refractivity contribution in [1.82, 2.24) is 0 Å². The average Bonchev–Trinajstić information content (AvgIpc) is 2.35. The first kappa shape index (κ1) is 11.5. The molecular formula is C14H14O3. The minimum Gasteiger partial charge on any atom is -0.496 e. The Hall–Kier alpha value is -2.03. The second-order valence-electron chi connectivity index (χ2n) is 3.87. The summed E-state index contributed by atoms with van der Waals surface area (Å²) in [5.74, 6) is -0.00967. The van der Waals surface area contributed by atoms with Gasteiger partial charge in [-0.2, -0.15) is 0 Å². The monoisotopic (exact) mass is 230 g/mol. The number of hydrogen-bond acceptors (Lipinski definition) is 2. The lowest BCUT2D eigenvalue weighted by Gasteiger charge is -2.10. The maximum atomic E-state index is 10.6. The molecule has 0 saturated heterocycles. The Bertz CT molecular complexity index is 546. The number of ether oxygens (including phenoxy) is 1. The van der Waals surface area contributed by atoms with Crippen LogP contribution in [-0.2, 0) is 11.2 Å². The number of carboxylic acids is 1. The van der Waals surface area contributed by atoms with Crippen molar-refractivity contribution < 1.29 is 14.6 Å². The zero-order chi connectivity index (χ0) is 12.3. The summed E-state index contributed by atoms with van der Waals surface area (Å²) in [4.78, 5) is 10.6. The van der Waals surface area contributed by atoms with Gasteiger partial charge in [0.2, 0.25) is 0 Å². The number of methoxy groups -OCH3 is 1. The van der Waals surface area contributed by atoms with Crippen LogP contribution in [0.2, 0.25) is 0 Å². The molecule has 0 aliphatic carbocycles. The normalized spacial score (nSPS) is 10.4. The van der Waals surface area contributed by atoms with Crippen LogP contribution in [0.3, 0.4) is 0 Å². The molecule has 0 saturated carbocycles. The number of benzene rings is 2. The van der Waals surface area contributed by atoms with Crippen LogP contribution < -0.4 is 4.74 Å². The standard InChI is InChI=1S/C14H14O3/c1-17-14-11(8-9-13(15)16)7-6-10-4-2-3-5-12(10)14/h2-7H,8-9H2,1H3,(H,15,16). The van der Waals surface area contributed by atoms with Crippen molar-refractivity contribution >= 4 is 16.7 Å². The van der Waals surface area contributed by atoms with E-state index >= 15 is 0 Å². The van der Waals surface area contributed by atoms with Crippen molar-refractivity contribution in [2.75, 3.05) is 7.11 Å². The third kappa shape index (κ3) is 2.38. The second-order valence-corrected chi connectivity index (χ2v) is 3.87. The summed E-state index contributed by atoms with van der Waals surface area (Å²) in [7, 11) is 1.62. The Labute approximate surface area is 99.6 Å². The molecule has 0 aliphatic heterocycles. The molecule has 0 radical (unpaired) electrons. The highest BCUT2D eigenvalue weighted by Gasteiger charge is 2.09. The van der Waals surface area contributed by atoms with Gasteiger partial charge in [0.25, 0.3) is 0 Å². The molecule has 0 amide bonds. The van der Waals surface area contributed by atoms with E-state index in [4.69, 9.17) is 9.84 Å². The zero-order valence-electron chi connectivity index (χ0n) is 9.64. The molecule has 1 N–H and O–H groups in total. The van der Waals surface area contributed by atoms with E-state index in [1.165, 1.54) is 0 Å². The fourth-order valence-electron chi connectivity index (χ4n) is 1.97. The highest BCUT2D eigenvalue weighted by molar-refractivity contribution is 5.89. The Morgan fingerprint density at radius 3 is 2.71 bits per heavy atom. The van der Waals surface area contributed by atoms with Crippen LogP contribution in [0.1, 0.15) is 12.0 Å². The Morgan fingerprint density at radius 2 is 2.00 bits per heavy atom. The highest BCUT2D eigenvalue weighted by atomic mass is 16.5. The van der Waals surface area contributed by atoms with Gasteiger partial charge in [-0.1, -0.05) is 36.4 Å². The summed E-state index contributed by atoms with van der Waals surface area (Å²) < 4.78 is 5.40.